The third kappa shape index (κ3) is 3.83. The van der Waals surface area contributed by atoms with E-state index in [2.05, 4.69) is 32.7 Å². The molecule has 18 heavy (non-hydrogen) atoms. The fourth-order valence-electron chi connectivity index (χ4n) is 1.55. The van der Waals surface area contributed by atoms with Crippen LogP contribution in [0, 0.1) is 6.92 Å². The van der Waals surface area contributed by atoms with E-state index in [9.17, 15) is 0 Å². The lowest BCUT2D eigenvalue weighted by atomic mass is 10.2. The van der Waals surface area contributed by atoms with Gasteiger partial charge in [-0.05, 0) is 35.3 Å². The summed E-state index contributed by atoms with van der Waals surface area (Å²) in [6, 6.07) is 0. The number of anilines is 2. The molecule has 3 N–H and O–H groups in total. The highest BCUT2D eigenvalue weighted by Gasteiger charge is 2.13. The van der Waals surface area contributed by atoms with Gasteiger partial charge in [0.25, 0.3) is 0 Å². The number of aliphatic hydroxyl groups is 1. The first-order valence-corrected chi connectivity index (χ1v) is 6.75. The molecule has 0 bridgehead atoms. The van der Waals surface area contributed by atoms with E-state index in [4.69, 9.17) is 15.6 Å². The number of nitrogens with zero attached hydrogens (tertiary/aromatic N) is 2. The van der Waals surface area contributed by atoms with Gasteiger partial charge in [0.2, 0.25) is 0 Å². The van der Waals surface area contributed by atoms with E-state index in [1.807, 2.05) is 6.92 Å². The Bertz CT molecular complexity index is 388. The summed E-state index contributed by atoms with van der Waals surface area (Å²) in [7, 11) is 0. The minimum atomic E-state index is 0.0506. The molecule has 1 heterocycles. The minimum Gasteiger partial charge on any atom is -0.397 e. The molecule has 1 aromatic heterocycles. The van der Waals surface area contributed by atoms with Crippen LogP contribution in [0.2, 0.25) is 0 Å². The van der Waals surface area contributed by atoms with Gasteiger partial charge in [0.15, 0.2) is 0 Å². The Morgan fingerprint density at radius 2 is 2.22 bits per heavy atom. The highest BCUT2D eigenvalue weighted by Crippen LogP contribution is 2.30. The van der Waals surface area contributed by atoms with Crippen molar-refractivity contribution in [2.45, 2.75) is 13.8 Å². The molecule has 0 fully saturated rings. The van der Waals surface area contributed by atoms with Crippen LogP contribution in [-0.4, -0.2) is 43.0 Å². The van der Waals surface area contributed by atoms with Crippen molar-refractivity contribution in [1.29, 1.82) is 0 Å². The number of hydrogen-bond donors (Lipinski definition) is 2. The molecule has 0 radical (unpaired) electrons. The molecule has 0 aliphatic rings. The topological polar surface area (TPSA) is 71.6 Å². The van der Waals surface area contributed by atoms with Gasteiger partial charge in [-0.1, -0.05) is 0 Å². The van der Waals surface area contributed by atoms with Crippen LogP contribution in [0.3, 0.4) is 0 Å². The molecular weight excluding hydrogens is 298 g/mol. The van der Waals surface area contributed by atoms with Crippen LogP contribution in [0.4, 0.5) is 11.5 Å². The Kier molecular flexibility index (Phi) is 6.38. The third-order valence-corrected chi connectivity index (χ3v) is 3.66. The van der Waals surface area contributed by atoms with E-state index in [0.29, 0.717) is 18.9 Å². The predicted octanol–water partition coefficient (Wildman–Crippen LogP) is 1.57. The standard InChI is InChI=1S/C12H20BrN3O2/c1-3-16(4-6-18-7-5-17)12-11(13)9(2)10(14)8-15-12/h8,17H,3-7,14H2,1-2H3. The summed E-state index contributed by atoms with van der Waals surface area (Å²) in [6.07, 6.45) is 1.67. The number of aliphatic hydroxyl groups excluding tert-OH is 1. The van der Waals surface area contributed by atoms with Gasteiger partial charge >= 0.3 is 0 Å². The van der Waals surface area contributed by atoms with Gasteiger partial charge in [0.05, 0.1) is 36.2 Å². The number of ether oxygens (including phenoxy) is 1. The molecule has 0 saturated heterocycles. The Morgan fingerprint density at radius 1 is 1.50 bits per heavy atom. The Labute approximate surface area is 116 Å². The van der Waals surface area contributed by atoms with E-state index in [1.165, 1.54) is 0 Å². The van der Waals surface area contributed by atoms with Gasteiger partial charge in [-0.2, -0.15) is 0 Å². The van der Waals surface area contributed by atoms with Crippen LogP contribution in [-0.2, 0) is 4.74 Å². The summed E-state index contributed by atoms with van der Waals surface area (Å²) >= 11 is 3.53. The number of nitrogens with two attached hydrogens (primary N) is 1. The molecule has 0 aliphatic heterocycles. The number of hydrogen-bond acceptors (Lipinski definition) is 5. The Hall–Kier alpha value is -0.850. The monoisotopic (exact) mass is 317 g/mol. The van der Waals surface area contributed by atoms with Crippen molar-refractivity contribution >= 4 is 27.4 Å². The molecule has 5 nitrogen and oxygen atoms in total. The molecule has 102 valence electrons. The normalized spacial score (nSPS) is 10.7. The third-order valence-electron chi connectivity index (χ3n) is 2.71. The van der Waals surface area contributed by atoms with Gasteiger partial charge in [-0.15, -0.1) is 0 Å². The summed E-state index contributed by atoms with van der Waals surface area (Å²) in [4.78, 5) is 6.46. The van der Waals surface area contributed by atoms with Gasteiger partial charge in [-0.3, -0.25) is 0 Å². The molecule has 0 aromatic carbocycles. The molecule has 6 heteroatoms. The van der Waals surface area contributed by atoms with E-state index in [0.717, 1.165) is 28.9 Å². The largest absolute Gasteiger partial charge is 0.397 e. The van der Waals surface area contributed by atoms with E-state index in [1.54, 1.807) is 6.20 Å². The SMILES string of the molecule is CCN(CCOCCO)c1ncc(N)c(C)c1Br. The molecule has 0 saturated carbocycles. The molecule has 0 unspecified atom stereocenters. The zero-order chi connectivity index (χ0) is 13.5. The molecule has 0 aliphatic carbocycles. The summed E-state index contributed by atoms with van der Waals surface area (Å²) < 4.78 is 6.19. The van der Waals surface area contributed by atoms with E-state index < -0.39 is 0 Å². The average molecular weight is 318 g/mol. The summed E-state index contributed by atoms with van der Waals surface area (Å²) in [5.74, 6) is 0.872. The average Bonchev–Trinajstić information content (AvgIpc) is 2.38. The first-order chi connectivity index (χ1) is 8.61. The van der Waals surface area contributed by atoms with Crippen molar-refractivity contribution in [3.63, 3.8) is 0 Å². The maximum absolute atomic E-state index is 8.64. The number of nitrogen functional groups attached to an aromatic ring is 1. The molecule has 0 amide bonds. The lowest BCUT2D eigenvalue weighted by Crippen LogP contribution is -2.29. The van der Waals surface area contributed by atoms with Crippen molar-refractivity contribution in [2.24, 2.45) is 0 Å². The summed E-state index contributed by atoms with van der Waals surface area (Å²) in [5.41, 5.74) is 7.48. The fraction of sp³-hybridized carbons (Fsp3) is 0.583. The molecular formula is C12H20BrN3O2. The molecule has 0 atom stereocenters. The Morgan fingerprint density at radius 3 is 2.83 bits per heavy atom. The second-order valence-electron chi connectivity index (χ2n) is 3.89. The zero-order valence-corrected chi connectivity index (χ0v) is 12.4. The highest BCUT2D eigenvalue weighted by molar-refractivity contribution is 9.10. The maximum atomic E-state index is 8.64. The molecule has 0 spiro atoms. The molecule has 1 aromatic rings. The molecule has 1 rings (SSSR count). The van der Waals surface area contributed by atoms with Crippen LogP contribution >= 0.6 is 15.9 Å². The lowest BCUT2D eigenvalue weighted by molar-refractivity contribution is 0.0967. The van der Waals surface area contributed by atoms with Crippen LogP contribution in [0.1, 0.15) is 12.5 Å². The summed E-state index contributed by atoms with van der Waals surface area (Å²) in [5, 5.41) is 8.64. The van der Waals surface area contributed by atoms with Gasteiger partial charge in [-0.25, -0.2) is 4.98 Å². The highest BCUT2D eigenvalue weighted by atomic mass is 79.9. The number of aromatic nitrogens is 1. The second kappa shape index (κ2) is 7.56. The minimum absolute atomic E-state index is 0.0506. The fourth-order valence-corrected chi connectivity index (χ4v) is 2.14. The quantitative estimate of drug-likeness (QED) is 0.747. The van der Waals surface area contributed by atoms with Crippen LogP contribution in [0.25, 0.3) is 0 Å². The number of halogens is 1. The first kappa shape index (κ1) is 15.2. The van der Waals surface area contributed by atoms with Crippen LogP contribution in [0.15, 0.2) is 10.7 Å². The van der Waals surface area contributed by atoms with E-state index >= 15 is 0 Å². The first-order valence-electron chi connectivity index (χ1n) is 5.95. The second-order valence-corrected chi connectivity index (χ2v) is 4.68. The van der Waals surface area contributed by atoms with Crippen LogP contribution < -0.4 is 10.6 Å². The Balaban J connectivity index is 2.73. The smallest absolute Gasteiger partial charge is 0.143 e. The van der Waals surface area contributed by atoms with E-state index in [-0.39, 0.29) is 6.61 Å². The van der Waals surface area contributed by atoms with Crippen LogP contribution in [0.5, 0.6) is 0 Å². The zero-order valence-electron chi connectivity index (χ0n) is 10.8. The number of likely N-dealkylation sites (N-methyl/N-ethyl adjacent to an activating group) is 1. The lowest BCUT2D eigenvalue weighted by Gasteiger charge is -2.24. The van der Waals surface area contributed by atoms with Crippen molar-refractivity contribution in [3.05, 3.63) is 16.2 Å². The van der Waals surface area contributed by atoms with Gasteiger partial charge in [0, 0.05) is 13.1 Å². The predicted molar refractivity (Wildman–Crippen MR) is 76.9 cm³/mol. The summed E-state index contributed by atoms with van der Waals surface area (Å²) in [6.45, 7) is 6.56. The van der Waals surface area contributed by atoms with Crippen molar-refractivity contribution in [3.8, 4) is 0 Å². The van der Waals surface area contributed by atoms with Gasteiger partial charge < -0.3 is 20.5 Å². The maximum Gasteiger partial charge on any atom is 0.143 e. The van der Waals surface area contributed by atoms with Gasteiger partial charge in [0.1, 0.15) is 5.82 Å². The number of pyridine rings is 1. The van der Waals surface area contributed by atoms with Crippen molar-refractivity contribution < 1.29 is 9.84 Å². The van der Waals surface area contributed by atoms with Crippen molar-refractivity contribution in [1.82, 2.24) is 4.98 Å². The van der Waals surface area contributed by atoms with Crippen molar-refractivity contribution in [2.75, 3.05) is 43.5 Å². The number of rotatable bonds is 7.